The molecule has 0 fully saturated rings. The van der Waals surface area contributed by atoms with E-state index in [9.17, 15) is 4.39 Å². The lowest BCUT2D eigenvalue weighted by Crippen LogP contribution is -1.96. The molecule has 3 nitrogen and oxygen atoms in total. The molecule has 0 aliphatic carbocycles. The molecular weight excluding hydrogens is 231 g/mol. The van der Waals surface area contributed by atoms with Gasteiger partial charge in [0.1, 0.15) is 5.82 Å². The molecule has 0 amide bonds. The molecule has 0 aliphatic rings. The van der Waals surface area contributed by atoms with Gasteiger partial charge in [-0.1, -0.05) is 0 Å². The highest BCUT2D eigenvalue weighted by atomic mass is 19.1. The monoisotopic (exact) mass is 246 g/mol. The van der Waals surface area contributed by atoms with Crippen molar-refractivity contribution in [3.63, 3.8) is 0 Å². The van der Waals surface area contributed by atoms with Crippen molar-refractivity contribution in [3.8, 4) is 11.4 Å². The molecule has 0 aliphatic heterocycles. The fourth-order valence-corrected chi connectivity index (χ4v) is 1.65. The second-order valence-electron chi connectivity index (χ2n) is 4.02. The summed E-state index contributed by atoms with van der Waals surface area (Å²) in [6.07, 6.45) is 5.47. The lowest BCUT2D eigenvalue weighted by Gasteiger charge is -2.02. The van der Waals surface area contributed by atoms with Gasteiger partial charge in [0.05, 0.1) is 0 Å². The first-order valence-electron chi connectivity index (χ1n) is 5.85. The van der Waals surface area contributed by atoms with Crippen LogP contribution in [0.2, 0.25) is 0 Å². The number of aryl methyl sites for hydroxylation is 1. The number of nitrogens with zero attached hydrogens (tertiary/aromatic N) is 2. The van der Waals surface area contributed by atoms with Crippen molar-refractivity contribution in [1.82, 2.24) is 9.97 Å². The Labute approximate surface area is 106 Å². The molecule has 1 heterocycles. The van der Waals surface area contributed by atoms with E-state index in [2.05, 4.69) is 9.97 Å². The summed E-state index contributed by atoms with van der Waals surface area (Å²) in [5.41, 5.74) is 1.90. The minimum atomic E-state index is -0.255. The first-order valence-corrected chi connectivity index (χ1v) is 5.85. The van der Waals surface area contributed by atoms with Crippen LogP contribution >= 0.6 is 0 Å². The molecule has 0 bridgehead atoms. The number of hydrogen-bond acceptors (Lipinski definition) is 3. The molecule has 2 aromatic rings. The SMILES string of the molecule is COCCCc1cnc(-c2ccc(F)cc2)nc1. The molecule has 18 heavy (non-hydrogen) atoms. The van der Waals surface area contributed by atoms with E-state index in [0.717, 1.165) is 30.6 Å². The van der Waals surface area contributed by atoms with Crippen LogP contribution in [0.1, 0.15) is 12.0 Å². The van der Waals surface area contributed by atoms with Gasteiger partial charge in [-0.2, -0.15) is 0 Å². The lowest BCUT2D eigenvalue weighted by molar-refractivity contribution is 0.195. The van der Waals surface area contributed by atoms with Crippen LogP contribution in [0.3, 0.4) is 0 Å². The van der Waals surface area contributed by atoms with E-state index in [1.807, 2.05) is 0 Å². The van der Waals surface area contributed by atoms with E-state index >= 15 is 0 Å². The molecule has 0 spiro atoms. The van der Waals surface area contributed by atoms with Gasteiger partial charge in [-0.3, -0.25) is 0 Å². The van der Waals surface area contributed by atoms with E-state index < -0.39 is 0 Å². The number of benzene rings is 1. The average Bonchev–Trinajstić information content (AvgIpc) is 2.41. The van der Waals surface area contributed by atoms with Crippen molar-refractivity contribution in [2.75, 3.05) is 13.7 Å². The zero-order valence-corrected chi connectivity index (χ0v) is 10.3. The molecule has 4 heteroatoms. The quantitative estimate of drug-likeness (QED) is 0.761. The fourth-order valence-electron chi connectivity index (χ4n) is 1.65. The molecule has 0 unspecified atom stereocenters. The maximum Gasteiger partial charge on any atom is 0.159 e. The summed E-state index contributed by atoms with van der Waals surface area (Å²) in [6.45, 7) is 0.736. The van der Waals surface area contributed by atoms with Gasteiger partial charge in [-0.05, 0) is 42.7 Å². The Morgan fingerprint density at radius 1 is 1.11 bits per heavy atom. The summed E-state index contributed by atoms with van der Waals surface area (Å²) in [5, 5.41) is 0. The predicted molar refractivity (Wildman–Crippen MR) is 67.6 cm³/mol. The van der Waals surface area contributed by atoms with Gasteiger partial charge in [0.2, 0.25) is 0 Å². The van der Waals surface area contributed by atoms with E-state index in [4.69, 9.17) is 4.74 Å². The highest BCUT2D eigenvalue weighted by Gasteiger charge is 2.01. The number of halogens is 1. The Hall–Kier alpha value is -1.81. The third-order valence-electron chi connectivity index (χ3n) is 2.62. The van der Waals surface area contributed by atoms with E-state index in [1.54, 1.807) is 31.6 Å². The Morgan fingerprint density at radius 2 is 1.78 bits per heavy atom. The summed E-state index contributed by atoms with van der Waals surface area (Å²) in [6, 6.07) is 6.17. The van der Waals surface area contributed by atoms with Crippen molar-refractivity contribution < 1.29 is 9.13 Å². The average molecular weight is 246 g/mol. The molecule has 0 radical (unpaired) electrons. The summed E-state index contributed by atoms with van der Waals surface area (Å²) >= 11 is 0. The molecule has 0 atom stereocenters. The standard InChI is InChI=1S/C14H15FN2O/c1-18-8-2-3-11-9-16-14(17-10-11)12-4-6-13(15)7-5-12/h4-7,9-10H,2-3,8H2,1H3. The second-order valence-corrected chi connectivity index (χ2v) is 4.02. The molecule has 2 rings (SSSR count). The second kappa shape index (κ2) is 6.21. The molecule has 1 aromatic carbocycles. The van der Waals surface area contributed by atoms with Gasteiger partial charge >= 0.3 is 0 Å². The largest absolute Gasteiger partial charge is 0.385 e. The smallest absolute Gasteiger partial charge is 0.159 e. The van der Waals surface area contributed by atoms with Crippen molar-refractivity contribution in [2.24, 2.45) is 0 Å². The minimum Gasteiger partial charge on any atom is -0.385 e. The Balaban J connectivity index is 2.05. The Kier molecular flexibility index (Phi) is 4.36. The van der Waals surface area contributed by atoms with E-state index in [1.165, 1.54) is 12.1 Å². The van der Waals surface area contributed by atoms with Crippen LogP contribution in [0.25, 0.3) is 11.4 Å². The molecular formula is C14H15FN2O. The lowest BCUT2D eigenvalue weighted by atomic mass is 10.2. The zero-order chi connectivity index (χ0) is 12.8. The number of aromatic nitrogens is 2. The van der Waals surface area contributed by atoms with Crippen LogP contribution in [-0.2, 0) is 11.2 Å². The van der Waals surface area contributed by atoms with Crippen molar-refractivity contribution in [2.45, 2.75) is 12.8 Å². The van der Waals surface area contributed by atoms with Gasteiger partial charge in [0, 0.05) is 31.7 Å². The van der Waals surface area contributed by atoms with Crippen molar-refractivity contribution in [3.05, 3.63) is 48.0 Å². The number of ether oxygens (including phenoxy) is 1. The molecule has 94 valence electrons. The summed E-state index contributed by atoms with van der Waals surface area (Å²) in [5.74, 6) is 0.362. The summed E-state index contributed by atoms with van der Waals surface area (Å²) in [7, 11) is 1.69. The fraction of sp³-hybridized carbons (Fsp3) is 0.286. The highest BCUT2D eigenvalue weighted by Crippen LogP contribution is 2.15. The zero-order valence-electron chi connectivity index (χ0n) is 10.3. The number of methoxy groups -OCH3 is 1. The summed E-state index contributed by atoms with van der Waals surface area (Å²) in [4.78, 5) is 8.57. The van der Waals surface area contributed by atoms with Crippen molar-refractivity contribution in [1.29, 1.82) is 0 Å². The number of rotatable bonds is 5. The van der Waals surface area contributed by atoms with Gasteiger partial charge < -0.3 is 4.74 Å². The molecule has 0 N–H and O–H groups in total. The maximum atomic E-state index is 12.8. The van der Waals surface area contributed by atoms with Crippen LogP contribution in [0.5, 0.6) is 0 Å². The first-order chi connectivity index (χ1) is 8.79. The highest BCUT2D eigenvalue weighted by molar-refractivity contribution is 5.54. The third-order valence-corrected chi connectivity index (χ3v) is 2.62. The van der Waals surface area contributed by atoms with E-state index in [-0.39, 0.29) is 5.82 Å². The normalized spacial score (nSPS) is 10.6. The molecule has 0 saturated carbocycles. The maximum absolute atomic E-state index is 12.8. The van der Waals surface area contributed by atoms with Crippen LogP contribution in [0, 0.1) is 5.82 Å². The van der Waals surface area contributed by atoms with E-state index in [0.29, 0.717) is 5.82 Å². The topological polar surface area (TPSA) is 35.0 Å². The van der Waals surface area contributed by atoms with Crippen LogP contribution < -0.4 is 0 Å². The summed E-state index contributed by atoms with van der Waals surface area (Å²) < 4.78 is 17.8. The minimum absolute atomic E-state index is 0.255. The molecule has 0 saturated heterocycles. The van der Waals surface area contributed by atoms with Gasteiger partial charge in [-0.15, -0.1) is 0 Å². The van der Waals surface area contributed by atoms with Gasteiger partial charge in [-0.25, -0.2) is 14.4 Å². The Morgan fingerprint density at radius 3 is 2.39 bits per heavy atom. The van der Waals surface area contributed by atoms with Gasteiger partial charge in [0.25, 0.3) is 0 Å². The first kappa shape index (κ1) is 12.6. The van der Waals surface area contributed by atoms with Crippen LogP contribution in [0.15, 0.2) is 36.7 Å². The Bertz CT molecular complexity index is 482. The third kappa shape index (κ3) is 3.34. The predicted octanol–water partition coefficient (Wildman–Crippen LogP) is 2.86. The van der Waals surface area contributed by atoms with Gasteiger partial charge in [0.15, 0.2) is 5.82 Å². The van der Waals surface area contributed by atoms with Crippen molar-refractivity contribution >= 4 is 0 Å². The van der Waals surface area contributed by atoms with Crippen LogP contribution in [0.4, 0.5) is 4.39 Å². The van der Waals surface area contributed by atoms with Crippen LogP contribution in [-0.4, -0.2) is 23.7 Å². The molecule has 1 aromatic heterocycles. The number of hydrogen-bond donors (Lipinski definition) is 0.